The van der Waals surface area contributed by atoms with E-state index in [0.717, 1.165) is 37.7 Å². The first-order valence-electron chi connectivity index (χ1n) is 19.2. The van der Waals surface area contributed by atoms with Gasteiger partial charge in [0.05, 0.1) is 22.3 Å². The van der Waals surface area contributed by atoms with Gasteiger partial charge < -0.3 is 25.3 Å². The molecule has 4 aromatic carbocycles. The summed E-state index contributed by atoms with van der Waals surface area (Å²) in [6, 6.07) is 32.9. The Morgan fingerprint density at radius 1 is 0.611 bits per heavy atom. The molecule has 9 heteroatoms. The Hall–Kier alpha value is -5.28. The van der Waals surface area contributed by atoms with E-state index in [9.17, 15) is 24.6 Å². The van der Waals surface area contributed by atoms with E-state index in [1.54, 1.807) is 30.3 Å². The predicted molar refractivity (Wildman–Crippen MR) is 213 cm³/mol. The average molecular weight is 734 g/mol. The second kappa shape index (κ2) is 21.4. The molecule has 4 rings (SSSR count). The summed E-state index contributed by atoms with van der Waals surface area (Å²) in [5.74, 6) is -2.84. The van der Waals surface area contributed by atoms with Crippen LogP contribution in [0.4, 0.5) is 0 Å². The second-order valence-corrected chi connectivity index (χ2v) is 14.1. The van der Waals surface area contributed by atoms with Crippen LogP contribution in [0.25, 0.3) is 0 Å². The number of nitrogens with zero attached hydrogens (tertiary/aromatic N) is 2. The van der Waals surface area contributed by atoms with Crippen LogP contribution in [-0.2, 0) is 12.8 Å². The normalized spacial score (nSPS) is 12.8. The van der Waals surface area contributed by atoms with Gasteiger partial charge in [0, 0.05) is 18.6 Å². The highest BCUT2D eigenvalue weighted by atomic mass is 16.4. The third kappa shape index (κ3) is 11.9. The van der Waals surface area contributed by atoms with Crippen LogP contribution >= 0.6 is 0 Å². The molecular formula is C45H55N3O6. The predicted octanol–water partition coefficient (Wildman–Crippen LogP) is 8.11. The Labute approximate surface area is 320 Å². The summed E-state index contributed by atoms with van der Waals surface area (Å²) in [7, 11) is 2.03. The molecule has 0 bridgehead atoms. The van der Waals surface area contributed by atoms with E-state index >= 15 is 4.79 Å². The van der Waals surface area contributed by atoms with Crippen molar-refractivity contribution in [1.82, 2.24) is 15.1 Å². The Morgan fingerprint density at radius 3 is 1.67 bits per heavy atom. The maximum atomic E-state index is 15.1. The van der Waals surface area contributed by atoms with E-state index in [2.05, 4.69) is 53.2 Å². The summed E-state index contributed by atoms with van der Waals surface area (Å²) >= 11 is 0. The number of rotatable bonds is 22. The van der Waals surface area contributed by atoms with Crippen molar-refractivity contribution in [2.75, 3.05) is 26.7 Å². The number of carboxylic acids is 2. The minimum absolute atomic E-state index is 0.00135. The van der Waals surface area contributed by atoms with E-state index in [-0.39, 0.29) is 46.2 Å². The van der Waals surface area contributed by atoms with Gasteiger partial charge in [-0.15, -0.1) is 0 Å². The van der Waals surface area contributed by atoms with Crippen LogP contribution in [0.3, 0.4) is 0 Å². The van der Waals surface area contributed by atoms with E-state index in [4.69, 9.17) is 0 Å². The van der Waals surface area contributed by atoms with Gasteiger partial charge in [-0.2, -0.15) is 0 Å². The van der Waals surface area contributed by atoms with E-state index in [1.807, 2.05) is 43.4 Å². The smallest absolute Gasteiger partial charge is 0.336 e. The summed E-state index contributed by atoms with van der Waals surface area (Å²) in [5, 5.41) is 22.5. The number of carbonyl (C=O) groups excluding carboxylic acids is 2. The topological polar surface area (TPSA) is 127 Å². The highest BCUT2D eigenvalue weighted by molar-refractivity contribution is 6.05. The van der Waals surface area contributed by atoms with Crippen molar-refractivity contribution in [1.29, 1.82) is 0 Å². The third-order valence-electron chi connectivity index (χ3n) is 10.1. The third-order valence-corrected chi connectivity index (χ3v) is 10.1. The number of hydrogen-bond donors (Lipinski definition) is 3. The van der Waals surface area contributed by atoms with Crippen LogP contribution in [0.1, 0.15) is 105 Å². The van der Waals surface area contributed by atoms with Crippen LogP contribution in [-0.4, -0.2) is 82.5 Å². The fourth-order valence-corrected chi connectivity index (χ4v) is 7.44. The standard InChI is InChI=1S/C45H55N3O6/c1-4-17-35(31-33-19-8-6-9-20-33)41(27-30-47(3)29-16-28-46-42(49)37-23-12-14-25-39(37)44(51)52)48(36(18-5-2)32-34-21-10-7-11-22-34)43(50)38-24-13-15-26-40(38)45(53)54/h6-15,19-26,35-36,41H,4-5,16-18,27-32H2,1-3H3,(H,46,49)(H,51,52)(H,53,54). The lowest BCUT2D eigenvalue weighted by atomic mass is 9.83. The van der Waals surface area contributed by atoms with Gasteiger partial charge in [-0.3, -0.25) is 9.59 Å². The van der Waals surface area contributed by atoms with Gasteiger partial charge in [0.15, 0.2) is 0 Å². The first-order chi connectivity index (χ1) is 26.1. The van der Waals surface area contributed by atoms with Gasteiger partial charge in [0.25, 0.3) is 11.8 Å². The Balaban J connectivity index is 1.64. The lowest BCUT2D eigenvalue weighted by Crippen LogP contribution is -2.53. The molecule has 0 aliphatic rings. The SMILES string of the molecule is CCCC(Cc1ccccc1)C(CCN(C)CCCNC(=O)c1ccccc1C(=O)O)N(C(=O)c1ccccc1C(=O)O)C(CCC)Cc1ccccc1. The molecule has 0 spiro atoms. The van der Waals surface area contributed by atoms with Crippen molar-refractivity contribution in [3.05, 3.63) is 143 Å². The van der Waals surface area contributed by atoms with Gasteiger partial charge in [0.1, 0.15) is 0 Å². The van der Waals surface area contributed by atoms with E-state index in [0.29, 0.717) is 38.9 Å². The van der Waals surface area contributed by atoms with E-state index < -0.39 is 17.8 Å². The summed E-state index contributed by atoms with van der Waals surface area (Å²) in [4.78, 5) is 56.2. The van der Waals surface area contributed by atoms with Crippen molar-refractivity contribution in [3.8, 4) is 0 Å². The number of carbonyl (C=O) groups is 4. The zero-order valence-corrected chi connectivity index (χ0v) is 31.8. The molecule has 2 amide bonds. The van der Waals surface area contributed by atoms with Crippen molar-refractivity contribution in [2.24, 2.45) is 5.92 Å². The monoisotopic (exact) mass is 733 g/mol. The number of aromatic carboxylic acids is 2. The highest BCUT2D eigenvalue weighted by Crippen LogP contribution is 2.31. The lowest BCUT2D eigenvalue weighted by molar-refractivity contribution is 0.0395. The molecule has 0 aliphatic heterocycles. The molecule has 4 aromatic rings. The maximum absolute atomic E-state index is 15.1. The summed E-state index contributed by atoms with van der Waals surface area (Å²) in [5.41, 5.74) is 2.62. The van der Waals surface area contributed by atoms with Gasteiger partial charge >= 0.3 is 11.9 Å². The van der Waals surface area contributed by atoms with Crippen molar-refractivity contribution in [3.63, 3.8) is 0 Å². The fourth-order valence-electron chi connectivity index (χ4n) is 7.44. The molecule has 3 N–H and O–H groups in total. The number of hydrogen-bond acceptors (Lipinski definition) is 5. The molecule has 0 saturated carbocycles. The quantitative estimate of drug-likeness (QED) is 0.0697. The molecular weight excluding hydrogens is 679 g/mol. The van der Waals surface area contributed by atoms with Gasteiger partial charge in [-0.05, 0) is 100.0 Å². The molecule has 0 fully saturated rings. The zero-order valence-electron chi connectivity index (χ0n) is 31.8. The first-order valence-corrected chi connectivity index (χ1v) is 19.2. The van der Waals surface area contributed by atoms with Crippen LogP contribution in [0.2, 0.25) is 0 Å². The van der Waals surface area contributed by atoms with Gasteiger partial charge in [-0.1, -0.05) is 112 Å². The van der Waals surface area contributed by atoms with E-state index in [1.165, 1.54) is 23.8 Å². The van der Waals surface area contributed by atoms with Crippen molar-refractivity contribution in [2.45, 2.75) is 77.3 Å². The molecule has 286 valence electrons. The number of nitrogens with one attached hydrogen (secondary N) is 1. The zero-order chi connectivity index (χ0) is 38.9. The van der Waals surface area contributed by atoms with Crippen LogP contribution in [0, 0.1) is 5.92 Å². The molecule has 0 aromatic heterocycles. The molecule has 0 saturated heterocycles. The summed E-state index contributed by atoms with van der Waals surface area (Å²) < 4.78 is 0. The highest BCUT2D eigenvalue weighted by Gasteiger charge is 2.37. The summed E-state index contributed by atoms with van der Waals surface area (Å²) in [6.07, 6.45) is 6.18. The van der Waals surface area contributed by atoms with Crippen LogP contribution in [0.5, 0.6) is 0 Å². The molecule has 3 unspecified atom stereocenters. The Bertz CT molecular complexity index is 1800. The second-order valence-electron chi connectivity index (χ2n) is 14.1. The Kier molecular flexibility index (Phi) is 16.5. The largest absolute Gasteiger partial charge is 0.478 e. The number of benzene rings is 4. The van der Waals surface area contributed by atoms with Crippen LogP contribution in [0.15, 0.2) is 109 Å². The minimum atomic E-state index is -1.15. The lowest BCUT2D eigenvalue weighted by Gasteiger charge is -2.43. The molecule has 54 heavy (non-hydrogen) atoms. The molecule has 9 nitrogen and oxygen atoms in total. The molecule has 3 atom stereocenters. The number of amides is 2. The molecule has 0 heterocycles. The van der Waals surface area contributed by atoms with Crippen molar-refractivity contribution >= 4 is 23.8 Å². The fraction of sp³-hybridized carbons (Fsp3) is 0.378. The maximum Gasteiger partial charge on any atom is 0.336 e. The first kappa shape index (κ1) is 41.5. The Morgan fingerprint density at radius 2 is 1.11 bits per heavy atom. The van der Waals surface area contributed by atoms with Crippen LogP contribution < -0.4 is 5.32 Å². The molecule has 0 aliphatic carbocycles. The number of carboxylic acid groups (broad SMARTS) is 2. The van der Waals surface area contributed by atoms with Gasteiger partial charge in [0.2, 0.25) is 0 Å². The summed E-state index contributed by atoms with van der Waals surface area (Å²) in [6.45, 7) is 6.01. The minimum Gasteiger partial charge on any atom is -0.478 e. The van der Waals surface area contributed by atoms with Gasteiger partial charge in [-0.25, -0.2) is 9.59 Å². The van der Waals surface area contributed by atoms with Crippen molar-refractivity contribution < 1.29 is 29.4 Å². The average Bonchev–Trinajstić information content (AvgIpc) is 3.18. The molecule has 0 radical (unpaired) electrons.